The molecule has 1 atom stereocenters. The van der Waals surface area contributed by atoms with Crippen LogP contribution in [0.5, 0.6) is 0 Å². The smallest absolute Gasteiger partial charge is 0.261 e. The van der Waals surface area contributed by atoms with Gasteiger partial charge in [0.2, 0.25) is 5.95 Å². The minimum absolute atomic E-state index is 0.154. The number of nitrogens with two attached hydrogens (primary N) is 1. The van der Waals surface area contributed by atoms with Crippen molar-refractivity contribution in [3.63, 3.8) is 0 Å². The predicted molar refractivity (Wildman–Crippen MR) is 108 cm³/mol. The molecule has 142 valence electrons. The summed E-state index contributed by atoms with van der Waals surface area (Å²) in [6.45, 7) is 1.98. The SMILES string of the molecule is CC[C@H](NC(=O)c1cc(-c2ccc3nc(N)nn3c2)cs1)c1ccc(F)cc1. The van der Waals surface area contributed by atoms with Crippen LogP contribution in [0.2, 0.25) is 0 Å². The molecule has 0 fully saturated rings. The molecule has 0 radical (unpaired) electrons. The van der Waals surface area contributed by atoms with Crippen LogP contribution in [-0.4, -0.2) is 20.5 Å². The summed E-state index contributed by atoms with van der Waals surface area (Å²) in [5.74, 6) is -0.230. The number of aromatic nitrogens is 3. The Hall–Kier alpha value is -3.26. The van der Waals surface area contributed by atoms with Gasteiger partial charge in [-0.25, -0.2) is 8.91 Å². The molecule has 0 aliphatic heterocycles. The molecular formula is C20H18FN5OS. The number of halogens is 1. The molecule has 0 spiro atoms. The first kappa shape index (κ1) is 18.1. The topological polar surface area (TPSA) is 85.3 Å². The van der Waals surface area contributed by atoms with E-state index in [2.05, 4.69) is 15.4 Å². The maximum atomic E-state index is 13.1. The largest absolute Gasteiger partial charge is 0.366 e. The van der Waals surface area contributed by atoms with Gasteiger partial charge >= 0.3 is 0 Å². The lowest BCUT2D eigenvalue weighted by Gasteiger charge is -2.17. The number of nitrogens with zero attached hydrogens (tertiary/aromatic N) is 3. The van der Waals surface area contributed by atoms with E-state index in [4.69, 9.17) is 5.73 Å². The van der Waals surface area contributed by atoms with E-state index >= 15 is 0 Å². The normalized spacial score (nSPS) is 12.2. The third-order valence-corrected chi connectivity index (χ3v) is 5.42. The van der Waals surface area contributed by atoms with Crippen LogP contribution in [-0.2, 0) is 0 Å². The second-order valence-electron chi connectivity index (χ2n) is 6.38. The van der Waals surface area contributed by atoms with Crippen molar-refractivity contribution in [2.24, 2.45) is 0 Å². The fourth-order valence-corrected chi connectivity index (χ4v) is 3.84. The Morgan fingerprint density at radius 2 is 2.04 bits per heavy atom. The number of pyridine rings is 1. The number of nitrogen functional groups attached to an aromatic ring is 1. The number of fused-ring (bicyclic) bond motifs is 1. The molecular weight excluding hydrogens is 377 g/mol. The van der Waals surface area contributed by atoms with E-state index in [1.165, 1.54) is 23.5 Å². The quantitative estimate of drug-likeness (QED) is 0.534. The van der Waals surface area contributed by atoms with E-state index in [9.17, 15) is 9.18 Å². The summed E-state index contributed by atoms with van der Waals surface area (Å²) in [5.41, 5.74) is 9.00. The van der Waals surface area contributed by atoms with Gasteiger partial charge in [-0.05, 0) is 53.3 Å². The van der Waals surface area contributed by atoms with E-state index in [-0.39, 0.29) is 23.7 Å². The first-order chi connectivity index (χ1) is 13.5. The van der Waals surface area contributed by atoms with Crippen molar-refractivity contribution in [3.05, 3.63) is 70.3 Å². The van der Waals surface area contributed by atoms with Gasteiger partial charge in [-0.15, -0.1) is 16.4 Å². The lowest BCUT2D eigenvalue weighted by molar-refractivity contribution is 0.0939. The first-order valence-corrected chi connectivity index (χ1v) is 9.68. The van der Waals surface area contributed by atoms with Crippen molar-refractivity contribution in [2.45, 2.75) is 19.4 Å². The summed E-state index contributed by atoms with van der Waals surface area (Å²) in [4.78, 5) is 17.4. The number of hydrogen-bond acceptors (Lipinski definition) is 5. The monoisotopic (exact) mass is 395 g/mol. The summed E-state index contributed by atoms with van der Waals surface area (Å²) in [7, 11) is 0. The molecule has 6 nitrogen and oxygen atoms in total. The molecule has 8 heteroatoms. The van der Waals surface area contributed by atoms with Crippen molar-refractivity contribution in [1.82, 2.24) is 19.9 Å². The van der Waals surface area contributed by atoms with Gasteiger partial charge in [0.15, 0.2) is 5.65 Å². The Balaban J connectivity index is 1.53. The molecule has 3 aromatic heterocycles. The van der Waals surface area contributed by atoms with E-state index in [1.807, 2.05) is 36.7 Å². The van der Waals surface area contributed by atoms with Crippen LogP contribution in [0.4, 0.5) is 10.3 Å². The van der Waals surface area contributed by atoms with Crippen LogP contribution >= 0.6 is 11.3 Å². The highest BCUT2D eigenvalue weighted by Crippen LogP contribution is 2.27. The van der Waals surface area contributed by atoms with Crippen molar-refractivity contribution < 1.29 is 9.18 Å². The molecule has 4 rings (SSSR count). The van der Waals surface area contributed by atoms with Crippen LogP contribution in [0.25, 0.3) is 16.8 Å². The molecule has 0 saturated carbocycles. The number of benzene rings is 1. The molecule has 0 bridgehead atoms. The van der Waals surface area contributed by atoms with E-state index < -0.39 is 0 Å². The van der Waals surface area contributed by atoms with Gasteiger partial charge in [0.1, 0.15) is 5.82 Å². The number of carbonyl (C=O) groups is 1. The molecule has 0 aliphatic rings. The number of rotatable bonds is 5. The van der Waals surface area contributed by atoms with Crippen LogP contribution in [0.1, 0.15) is 34.6 Å². The molecule has 1 amide bonds. The average molecular weight is 395 g/mol. The molecule has 3 N–H and O–H groups in total. The number of anilines is 1. The zero-order valence-corrected chi connectivity index (χ0v) is 15.9. The van der Waals surface area contributed by atoms with Crippen molar-refractivity contribution in [2.75, 3.05) is 5.73 Å². The Kier molecular flexibility index (Phi) is 4.79. The maximum absolute atomic E-state index is 13.1. The van der Waals surface area contributed by atoms with Gasteiger partial charge in [0, 0.05) is 11.8 Å². The van der Waals surface area contributed by atoms with Crippen LogP contribution in [0.15, 0.2) is 54.0 Å². The molecule has 3 heterocycles. The van der Waals surface area contributed by atoms with E-state index in [0.29, 0.717) is 16.9 Å². The third kappa shape index (κ3) is 3.59. The van der Waals surface area contributed by atoms with Crippen molar-refractivity contribution in [3.8, 4) is 11.1 Å². The number of amides is 1. The molecule has 0 aliphatic carbocycles. The Morgan fingerprint density at radius 1 is 1.25 bits per heavy atom. The van der Waals surface area contributed by atoms with Crippen LogP contribution < -0.4 is 11.1 Å². The second kappa shape index (κ2) is 7.40. The van der Waals surface area contributed by atoms with Crippen molar-refractivity contribution in [1.29, 1.82) is 0 Å². The lowest BCUT2D eigenvalue weighted by Crippen LogP contribution is -2.27. The van der Waals surface area contributed by atoms with Gasteiger partial charge in [0.25, 0.3) is 5.91 Å². The number of thiophene rings is 1. The second-order valence-corrected chi connectivity index (χ2v) is 7.29. The van der Waals surface area contributed by atoms with E-state index in [1.54, 1.807) is 16.6 Å². The van der Waals surface area contributed by atoms with E-state index in [0.717, 1.165) is 16.7 Å². The third-order valence-electron chi connectivity index (χ3n) is 4.49. The Bertz CT molecular complexity index is 1140. The Labute approximate surface area is 164 Å². The number of nitrogens with one attached hydrogen (secondary N) is 1. The predicted octanol–water partition coefficient (Wildman–Crippen LogP) is 4.06. The standard InChI is InChI=1S/C20H18FN5OS/c1-2-16(12-3-6-15(21)7-4-12)23-19(27)17-9-14(11-28-17)13-5-8-18-24-20(22)25-26(18)10-13/h3-11,16H,2H2,1H3,(H2,22,25)(H,23,27)/t16-/m0/s1. The van der Waals surface area contributed by atoms with Gasteiger partial charge in [-0.2, -0.15) is 4.98 Å². The minimum atomic E-state index is -0.293. The summed E-state index contributed by atoms with van der Waals surface area (Å²) in [6.07, 6.45) is 2.54. The fourth-order valence-electron chi connectivity index (χ4n) is 3.02. The maximum Gasteiger partial charge on any atom is 0.261 e. The highest BCUT2D eigenvalue weighted by molar-refractivity contribution is 7.12. The minimum Gasteiger partial charge on any atom is -0.366 e. The molecule has 0 unspecified atom stereocenters. The summed E-state index contributed by atoms with van der Waals surface area (Å²) < 4.78 is 14.8. The summed E-state index contributed by atoms with van der Waals surface area (Å²) >= 11 is 1.37. The number of hydrogen-bond donors (Lipinski definition) is 2. The fraction of sp³-hybridized carbons (Fsp3) is 0.150. The molecule has 1 aromatic carbocycles. The molecule has 28 heavy (non-hydrogen) atoms. The van der Waals surface area contributed by atoms with Gasteiger partial charge < -0.3 is 11.1 Å². The zero-order valence-electron chi connectivity index (χ0n) is 15.1. The highest BCUT2D eigenvalue weighted by Gasteiger charge is 2.16. The zero-order chi connectivity index (χ0) is 19.7. The summed E-state index contributed by atoms with van der Waals surface area (Å²) in [5, 5.41) is 9.06. The van der Waals surface area contributed by atoms with Crippen LogP contribution in [0, 0.1) is 5.82 Å². The Morgan fingerprint density at radius 3 is 2.79 bits per heavy atom. The first-order valence-electron chi connectivity index (χ1n) is 8.80. The van der Waals surface area contributed by atoms with Gasteiger partial charge in [-0.3, -0.25) is 4.79 Å². The van der Waals surface area contributed by atoms with Crippen molar-refractivity contribution >= 4 is 28.8 Å². The van der Waals surface area contributed by atoms with Crippen LogP contribution in [0.3, 0.4) is 0 Å². The summed E-state index contributed by atoms with van der Waals surface area (Å²) in [6, 6.07) is 11.6. The number of carbonyl (C=O) groups excluding carboxylic acids is 1. The highest BCUT2D eigenvalue weighted by atomic mass is 32.1. The molecule has 4 aromatic rings. The average Bonchev–Trinajstić information content (AvgIpc) is 3.32. The lowest BCUT2D eigenvalue weighted by atomic mass is 10.0. The van der Waals surface area contributed by atoms with Gasteiger partial charge in [0.05, 0.1) is 10.9 Å². The van der Waals surface area contributed by atoms with Gasteiger partial charge in [-0.1, -0.05) is 19.1 Å². The molecule has 0 saturated heterocycles.